The molecule has 0 saturated carbocycles. The Hall–Kier alpha value is -1.39. The molecule has 1 aromatic rings. The lowest BCUT2D eigenvalue weighted by Crippen LogP contribution is -2.20. The third-order valence-electron chi connectivity index (χ3n) is 2.68. The second kappa shape index (κ2) is 5.09. The molecule has 1 atom stereocenters. The summed E-state index contributed by atoms with van der Waals surface area (Å²) in [4.78, 5) is 6.27. The molecule has 0 amide bonds. The monoisotopic (exact) mass is 219 g/mol. The van der Waals surface area contributed by atoms with Crippen molar-refractivity contribution in [3.8, 4) is 0 Å². The minimum Gasteiger partial charge on any atom is -0.387 e. The van der Waals surface area contributed by atoms with Crippen molar-refractivity contribution in [3.05, 3.63) is 29.8 Å². The first kappa shape index (κ1) is 11.1. The summed E-state index contributed by atoms with van der Waals surface area (Å²) in [6, 6.07) is 7.96. The summed E-state index contributed by atoms with van der Waals surface area (Å²) in [5.41, 5.74) is 2.03. The smallest absolute Gasteiger partial charge is 0.0915 e. The van der Waals surface area contributed by atoms with Crippen LogP contribution in [0.2, 0.25) is 0 Å². The van der Waals surface area contributed by atoms with E-state index in [1.807, 2.05) is 37.7 Å². The molecule has 0 saturated heterocycles. The van der Waals surface area contributed by atoms with Crippen LogP contribution in [0.4, 0.5) is 5.69 Å². The zero-order valence-electron chi connectivity index (χ0n) is 9.43. The van der Waals surface area contributed by atoms with Gasteiger partial charge in [0.25, 0.3) is 0 Å². The number of benzene rings is 1. The molecule has 0 spiro atoms. The number of hydrogen-bond acceptors (Lipinski definition) is 4. The molecular formula is C12H17N3O. The quantitative estimate of drug-likeness (QED) is 0.787. The van der Waals surface area contributed by atoms with Crippen LogP contribution >= 0.6 is 0 Å². The number of hydrogen-bond donors (Lipinski definition) is 2. The van der Waals surface area contributed by atoms with E-state index in [0.29, 0.717) is 6.54 Å². The van der Waals surface area contributed by atoms with Crippen LogP contribution in [0.5, 0.6) is 0 Å². The minimum atomic E-state index is -0.454. The van der Waals surface area contributed by atoms with Gasteiger partial charge in [0.2, 0.25) is 0 Å². The maximum atomic E-state index is 9.87. The molecule has 1 aliphatic heterocycles. The first-order valence-electron chi connectivity index (χ1n) is 5.50. The van der Waals surface area contributed by atoms with E-state index in [-0.39, 0.29) is 0 Å². The second-order valence-electron chi connectivity index (χ2n) is 3.88. The molecule has 0 fully saturated rings. The summed E-state index contributed by atoms with van der Waals surface area (Å²) in [6.07, 6.45) is 1.40. The summed E-state index contributed by atoms with van der Waals surface area (Å²) in [5.74, 6) is 0. The van der Waals surface area contributed by atoms with Crippen LogP contribution in [0.25, 0.3) is 0 Å². The number of rotatable bonds is 4. The van der Waals surface area contributed by atoms with Crippen molar-refractivity contribution in [1.29, 1.82) is 0 Å². The van der Waals surface area contributed by atoms with Gasteiger partial charge in [0.15, 0.2) is 0 Å². The molecule has 1 aliphatic rings. The molecule has 1 aromatic carbocycles. The fourth-order valence-electron chi connectivity index (χ4n) is 1.80. The van der Waals surface area contributed by atoms with Crippen LogP contribution < -0.4 is 10.2 Å². The summed E-state index contributed by atoms with van der Waals surface area (Å²) >= 11 is 0. The van der Waals surface area contributed by atoms with E-state index in [2.05, 4.69) is 15.2 Å². The lowest BCUT2D eigenvalue weighted by Gasteiger charge is -2.17. The van der Waals surface area contributed by atoms with Crippen LogP contribution in [0.1, 0.15) is 11.7 Å². The number of anilines is 1. The van der Waals surface area contributed by atoms with Crippen molar-refractivity contribution in [2.45, 2.75) is 6.10 Å². The molecule has 1 heterocycles. The first-order chi connectivity index (χ1) is 7.81. The molecule has 1 unspecified atom stereocenters. The first-order valence-corrected chi connectivity index (χ1v) is 5.50. The van der Waals surface area contributed by atoms with Gasteiger partial charge in [0, 0.05) is 18.8 Å². The van der Waals surface area contributed by atoms with Gasteiger partial charge in [-0.3, -0.25) is 4.99 Å². The Morgan fingerprint density at radius 3 is 3.12 bits per heavy atom. The Labute approximate surface area is 95.6 Å². The predicted octanol–water partition coefficient (Wildman–Crippen LogP) is 0.788. The fraction of sp³-hybridized carbons (Fsp3) is 0.417. The van der Waals surface area contributed by atoms with Gasteiger partial charge in [-0.1, -0.05) is 12.1 Å². The van der Waals surface area contributed by atoms with E-state index in [1.165, 1.54) is 0 Å². The molecule has 2 rings (SSSR count). The van der Waals surface area contributed by atoms with Gasteiger partial charge in [-0.2, -0.15) is 0 Å². The van der Waals surface area contributed by atoms with Gasteiger partial charge in [-0.05, 0) is 24.7 Å². The van der Waals surface area contributed by atoms with Crippen molar-refractivity contribution in [2.75, 3.05) is 31.6 Å². The molecule has 0 bridgehead atoms. The minimum absolute atomic E-state index is 0.454. The SMILES string of the molecule is CNCC(O)c1cccc(N2C=NCC2)c1. The maximum absolute atomic E-state index is 9.87. The third-order valence-corrected chi connectivity index (χ3v) is 2.68. The highest BCUT2D eigenvalue weighted by molar-refractivity contribution is 5.81. The Morgan fingerprint density at radius 1 is 1.56 bits per heavy atom. The third kappa shape index (κ3) is 2.40. The lowest BCUT2D eigenvalue weighted by molar-refractivity contribution is 0.178. The van der Waals surface area contributed by atoms with Gasteiger partial charge >= 0.3 is 0 Å². The van der Waals surface area contributed by atoms with Gasteiger partial charge in [-0.15, -0.1) is 0 Å². The van der Waals surface area contributed by atoms with Crippen molar-refractivity contribution in [3.63, 3.8) is 0 Å². The number of nitrogens with zero attached hydrogens (tertiary/aromatic N) is 2. The van der Waals surface area contributed by atoms with Gasteiger partial charge in [-0.25, -0.2) is 0 Å². The topological polar surface area (TPSA) is 47.9 Å². The average Bonchev–Trinajstić information content (AvgIpc) is 2.83. The number of aliphatic hydroxyl groups excluding tert-OH is 1. The summed E-state index contributed by atoms with van der Waals surface area (Å²) < 4.78 is 0. The molecule has 16 heavy (non-hydrogen) atoms. The highest BCUT2D eigenvalue weighted by atomic mass is 16.3. The van der Waals surface area contributed by atoms with Crippen molar-refractivity contribution >= 4 is 12.0 Å². The summed E-state index contributed by atoms with van der Waals surface area (Å²) in [6.45, 7) is 2.34. The Bertz CT molecular complexity index is 378. The van der Waals surface area contributed by atoms with Crippen LogP contribution in [-0.2, 0) is 0 Å². The fourth-order valence-corrected chi connectivity index (χ4v) is 1.80. The molecule has 0 radical (unpaired) electrons. The highest BCUT2D eigenvalue weighted by Gasteiger charge is 2.11. The number of nitrogens with one attached hydrogen (secondary N) is 1. The number of aliphatic imine (C=N–C) groups is 1. The van der Waals surface area contributed by atoms with Crippen LogP contribution in [0.15, 0.2) is 29.3 Å². The largest absolute Gasteiger partial charge is 0.387 e. The van der Waals surface area contributed by atoms with E-state index < -0.39 is 6.10 Å². The number of aliphatic hydroxyl groups is 1. The van der Waals surface area contributed by atoms with Crippen LogP contribution in [0, 0.1) is 0 Å². The van der Waals surface area contributed by atoms with Crippen LogP contribution in [0.3, 0.4) is 0 Å². The predicted molar refractivity (Wildman–Crippen MR) is 66.0 cm³/mol. The standard InChI is InChI=1S/C12H17N3O/c1-13-8-12(16)10-3-2-4-11(7-10)15-6-5-14-9-15/h2-4,7,9,12-13,16H,5-6,8H2,1H3. The van der Waals surface area contributed by atoms with Gasteiger partial charge in [0.1, 0.15) is 0 Å². The Morgan fingerprint density at radius 2 is 2.44 bits per heavy atom. The zero-order chi connectivity index (χ0) is 11.4. The Balaban J connectivity index is 2.15. The Kier molecular flexibility index (Phi) is 3.54. The second-order valence-corrected chi connectivity index (χ2v) is 3.88. The maximum Gasteiger partial charge on any atom is 0.0915 e. The molecule has 0 aliphatic carbocycles. The van der Waals surface area contributed by atoms with E-state index in [0.717, 1.165) is 24.3 Å². The molecular weight excluding hydrogens is 202 g/mol. The zero-order valence-corrected chi connectivity index (χ0v) is 9.43. The van der Waals surface area contributed by atoms with E-state index in [9.17, 15) is 5.11 Å². The normalized spacial score (nSPS) is 16.8. The van der Waals surface area contributed by atoms with E-state index in [4.69, 9.17) is 0 Å². The van der Waals surface area contributed by atoms with Gasteiger partial charge in [0.05, 0.1) is 19.0 Å². The number of likely N-dealkylation sites (N-methyl/N-ethyl adjacent to an activating group) is 1. The molecule has 86 valence electrons. The molecule has 4 heteroatoms. The molecule has 0 aromatic heterocycles. The van der Waals surface area contributed by atoms with E-state index in [1.54, 1.807) is 0 Å². The van der Waals surface area contributed by atoms with Crippen molar-refractivity contribution < 1.29 is 5.11 Å². The molecule has 2 N–H and O–H groups in total. The molecule has 4 nitrogen and oxygen atoms in total. The lowest BCUT2D eigenvalue weighted by atomic mass is 10.1. The summed E-state index contributed by atoms with van der Waals surface area (Å²) in [5, 5.41) is 12.8. The van der Waals surface area contributed by atoms with Crippen LogP contribution in [-0.4, -0.2) is 38.1 Å². The highest BCUT2D eigenvalue weighted by Crippen LogP contribution is 2.20. The van der Waals surface area contributed by atoms with Gasteiger partial charge < -0.3 is 15.3 Å². The van der Waals surface area contributed by atoms with E-state index >= 15 is 0 Å². The summed E-state index contributed by atoms with van der Waals surface area (Å²) in [7, 11) is 1.83. The average molecular weight is 219 g/mol. The van der Waals surface area contributed by atoms with Crippen molar-refractivity contribution in [1.82, 2.24) is 5.32 Å². The van der Waals surface area contributed by atoms with Crippen molar-refractivity contribution in [2.24, 2.45) is 4.99 Å².